The summed E-state index contributed by atoms with van der Waals surface area (Å²) in [6.07, 6.45) is -11.4. The first-order valence-electron chi connectivity index (χ1n) is 33.0. The van der Waals surface area contributed by atoms with Crippen molar-refractivity contribution in [2.75, 3.05) is 75.0 Å². The SMILES string of the molecule is COC[C@H]1O[C@@H](n2ccc(=O)[nH]c2=O)[C@H](OC(c2ccccc2)(c2ccc(OC)cc2)c2ccc(OC)cc2)[C@@H]1OP(=O)(OCC1O[C@@H](n2cnc3c(N)ncnc32)[C@@H]2OCO[C@H]12)O[C@H]1[C@@H](OC(c2ccccc2)(c2ccc(OC)cc2)c2ccc(OC)cc2)[C@H](n2ccc(=O)[nH]c2=O)O[C@@H]1COC. The minimum atomic E-state index is -5.63. The second-order valence-corrected chi connectivity index (χ2v) is 26.2. The molecule has 6 aromatic carbocycles. The molecule has 12 atom stereocenters. The Hall–Kier alpha value is -10.0. The van der Waals surface area contributed by atoms with Crippen LogP contribution in [0.4, 0.5) is 5.82 Å². The summed E-state index contributed by atoms with van der Waals surface area (Å²) in [5, 5.41) is 0. The number of phosphoric acid groups is 1. The van der Waals surface area contributed by atoms with Crippen molar-refractivity contribution in [1.29, 1.82) is 0 Å². The Morgan fingerprint density at radius 3 is 1.28 bits per heavy atom. The lowest BCUT2D eigenvalue weighted by atomic mass is 9.79. The fourth-order valence-electron chi connectivity index (χ4n) is 13.9. The number of hydrogen-bond acceptors (Lipinski definition) is 25. The maximum atomic E-state index is 17.8. The topological polar surface area (TPSA) is 344 Å². The average Bonchev–Trinajstić information content (AvgIpc) is 1.20. The van der Waals surface area contributed by atoms with Crippen LogP contribution in [0.25, 0.3) is 11.2 Å². The zero-order valence-electron chi connectivity index (χ0n) is 57.0. The molecule has 4 saturated heterocycles. The highest BCUT2D eigenvalue weighted by Gasteiger charge is 2.60. The van der Waals surface area contributed by atoms with Crippen LogP contribution in [0.1, 0.15) is 52.1 Å². The van der Waals surface area contributed by atoms with E-state index < -0.39 is 122 Å². The van der Waals surface area contributed by atoms with E-state index in [4.69, 9.17) is 80.9 Å². The molecule has 4 aromatic heterocycles. The first kappa shape index (κ1) is 71.0. The average molecular weight is 1440 g/mol. The van der Waals surface area contributed by atoms with Crippen LogP contribution >= 0.6 is 7.82 Å². The van der Waals surface area contributed by atoms with Crippen LogP contribution in [0, 0.1) is 0 Å². The largest absolute Gasteiger partial charge is 0.497 e. The van der Waals surface area contributed by atoms with Gasteiger partial charge in [0, 0.05) is 38.7 Å². The summed E-state index contributed by atoms with van der Waals surface area (Å²) in [5.74, 6) is 2.13. The third-order valence-corrected chi connectivity index (χ3v) is 20.3. The number of benzene rings is 6. The van der Waals surface area contributed by atoms with Gasteiger partial charge in [-0.05, 0) is 81.9 Å². The summed E-state index contributed by atoms with van der Waals surface area (Å²) in [4.78, 5) is 73.0. The number of nitrogens with one attached hydrogen (secondary N) is 2. The van der Waals surface area contributed by atoms with Gasteiger partial charge in [0.2, 0.25) is 0 Å². The number of H-pyrrole nitrogens is 2. The third-order valence-electron chi connectivity index (χ3n) is 18.8. The number of rotatable bonds is 28. The van der Waals surface area contributed by atoms with Crippen molar-refractivity contribution in [3.63, 3.8) is 0 Å². The summed E-state index contributed by atoms with van der Waals surface area (Å²) in [7, 11) is 3.32. The fourth-order valence-corrected chi connectivity index (χ4v) is 15.5. The van der Waals surface area contributed by atoms with Gasteiger partial charge in [-0.25, -0.2) is 29.1 Å². The predicted octanol–water partition coefficient (Wildman–Crippen LogP) is 6.92. The van der Waals surface area contributed by atoms with E-state index >= 15 is 4.57 Å². The van der Waals surface area contributed by atoms with Gasteiger partial charge >= 0.3 is 19.2 Å². The molecule has 0 radical (unpaired) electrons. The minimum absolute atomic E-state index is 0.111. The summed E-state index contributed by atoms with van der Waals surface area (Å²) >= 11 is 0. The number of methoxy groups -OCH3 is 6. The molecule has 0 amide bonds. The van der Waals surface area contributed by atoms with E-state index in [1.165, 1.54) is 67.7 Å². The molecule has 14 rings (SSSR count). The molecule has 4 aliphatic heterocycles. The Balaban J connectivity index is 0.976. The van der Waals surface area contributed by atoms with E-state index in [1.54, 1.807) is 53.1 Å². The zero-order chi connectivity index (χ0) is 72.3. The van der Waals surface area contributed by atoms with Gasteiger partial charge in [0.05, 0.1) is 54.6 Å². The van der Waals surface area contributed by atoms with Crippen molar-refractivity contribution < 1.29 is 79.7 Å². The molecule has 104 heavy (non-hydrogen) atoms. The smallest absolute Gasteiger partial charge is 0.475 e. The quantitative estimate of drug-likeness (QED) is 0.0331. The Kier molecular flexibility index (Phi) is 20.7. The van der Waals surface area contributed by atoms with Crippen molar-refractivity contribution in [3.8, 4) is 23.0 Å². The van der Waals surface area contributed by atoms with Crippen molar-refractivity contribution in [3.05, 3.63) is 270 Å². The molecule has 4 aliphatic rings. The number of nitrogens with zero attached hydrogens (tertiary/aromatic N) is 6. The molecule has 30 nitrogen and oxygen atoms in total. The van der Waals surface area contributed by atoms with Gasteiger partial charge in [0.25, 0.3) is 11.1 Å². The third kappa shape index (κ3) is 13.6. The molecule has 0 saturated carbocycles. The highest BCUT2D eigenvalue weighted by atomic mass is 31.2. The van der Waals surface area contributed by atoms with Gasteiger partial charge in [-0.2, -0.15) is 0 Å². The van der Waals surface area contributed by atoms with Crippen molar-refractivity contribution >= 4 is 24.8 Å². The van der Waals surface area contributed by atoms with Gasteiger partial charge < -0.3 is 67.3 Å². The molecule has 0 spiro atoms. The van der Waals surface area contributed by atoms with Crippen molar-refractivity contribution in [2.45, 2.75) is 84.8 Å². The van der Waals surface area contributed by atoms with Gasteiger partial charge in [-0.15, -0.1) is 0 Å². The molecule has 0 bridgehead atoms. The lowest BCUT2D eigenvalue weighted by Crippen LogP contribution is -2.48. The lowest BCUT2D eigenvalue weighted by Gasteiger charge is -2.41. The zero-order valence-corrected chi connectivity index (χ0v) is 57.9. The first-order chi connectivity index (χ1) is 50.6. The Labute approximate surface area is 593 Å². The highest BCUT2D eigenvalue weighted by Crippen LogP contribution is 2.60. The number of ether oxygens (including phenoxy) is 13. The second-order valence-electron chi connectivity index (χ2n) is 24.7. The molecule has 1 unspecified atom stereocenters. The van der Waals surface area contributed by atoms with Gasteiger partial charge in [-0.1, -0.05) is 109 Å². The summed E-state index contributed by atoms with van der Waals surface area (Å²) in [5.41, 5.74) is 3.18. The van der Waals surface area contributed by atoms with E-state index in [0.29, 0.717) is 62.0 Å². The number of aromatic amines is 2. The van der Waals surface area contributed by atoms with Gasteiger partial charge in [0.15, 0.2) is 30.1 Å². The maximum absolute atomic E-state index is 17.8. The number of phosphoric ester groups is 1. The monoisotopic (exact) mass is 1440 g/mol. The molecular weight excluding hydrogens is 1370 g/mol. The van der Waals surface area contributed by atoms with Crippen LogP contribution in [-0.2, 0) is 72.0 Å². The van der Waals surface area contributed by atoms with Gasteiger partial charge in [0.1, 0.15) is 108 Å². The predicted molar refractivity (Wildman–Crippen MR) is 370 cm³/mol. The number of aromatic nitrogens is 8. The normalized spacial score (nSPS) is 23.8. The Morgan fingerprint density at radius 1 is 0.471 bits per heavy atom. The van der Waals surface area contributed by atoms with E-state index in [1.807, 2.05) is 109 Å². The van der Waals surface area contributed by atoms with Crippen LogP contribution in [0.3, 0.4) is 0 Å². The maximum Gasteiger partial charge on any atom is 0.475 e. The Bertz CT molecular complexity index is 4560. The number of nitrogens with two attached hydrogens (primary N) is 1. The minimum Gasteiger partial charge on any atom is -0.497 e. The molecule has 542 valence electrons. The number of imidazole rings is 1. The molecule has 31 heteroatoms. The van der Waals surface area contributed by atoms with Crippen LogP contribution in [0.5, 0.6) is 23.0 Å². The van der Waals surface area contributed by atoms with Crippen molar-refractivity contribution in [2.24, 2.45) is 0 Å². The summed E-state index contributed by atoms with van der Waals surface area (Å²) in [6, 6.07) is 49.2. The molecular formula is C73H74N9O21P. The van der Waals surface area contributed by atoms with Crippen LogP contribution in [-0.4, -0.2) is 163 Å². The number of nitrogen functional groups attached to an aromatic ring is 1. The van der Waals surface area contributed by atoms with Crippen LogP contribution < -0.4 is 47.2 Å². The highest BCUT2D eigenvalue weighted by molar-refractivity contribution is 7.48. The van der Waals surface area contributed by atoms with E-state index in [2.05, 4.69) is 24.9 Å². The summed E-state index contributed by atoms with van der Waals surface area (Å²) < 4.78 is 127. The van der Waals surface area contributed by atoms with Crippen LogP contribution in [0.2, 0.25) is 0 Å². The van der Waals surface area contributed by atoms with E-state index in [9.17, 15) is 19.2 Å². The fraction of sp³-hybridized carbons (Fsp3) is 0.329. The molecule has 4 N–H and O–H groups in total. The number of hydrogen-bond donors (Lipinski definition) is 3. The lowest BCUT2D eigenvalue weighted by molar-refractivity contribution is -0.134. The summed E-state index contributed by atoms with van der Waals surface area (Å²) in [6.45, 7) is -1.54. The molecule has 8 heterocycles. The molecule has 4 fully saturated rings. The molecule has 10 aromatic rings. The number of anilines is 1. The second kappa shape index (κ2) is 30.4. The molecule has 0 aliphatic carbocycles. The van der Waals surface area contributed by atoms with E-state index in [0.717, 1.165) is 21.3 Å². The Morgan fingerprint density at radius 2 is 0.875 bits per heavy atom. The number of fused-ring (bicyclic) bond motifs is 2. The van der Waals surface area contributed by atoms with Crippen LogP contribution in [0.15, 0.2) is 214 Å². The standard InChI is InChI=1S/C73H74N9O21P/c1-88-37-53-60(63(68(97-53)80-35-33-56(83)78-70(80)85)100-72(43-13-9-7-10-14-43,45-17-25-49(90-3)26-18-45)46-19-27-50(91-4)28-20-46)102-104(87,96-39-55-59-62(95-42-94-59)67(99-55)82-41-77-58-65(74)75-40-76-66(58)82)103-61-54(38-89-2)98-69(81-36-34-57(84)79-71(81)86)64(61)101-73(44-15-11-8-12-16-44,47-21-29-51(92-5)30-22-47)48-23-31-52(93-6)32-24-48/h7-36,40-41,53-55,59-64,67-69H,37-39,42H2,1-6H3,(H2,74,75,76)(H,78,83,85)(H,79,84,86)/t53-,54-,55?,59-,60-,61-,62-,63-,64-,67-,68-,69-/m1/s1. The van der Waals surface area contributed by atoms with E-state index in [-0.39, 0.29) is 31.3 Å². The van der Waals surface area contributed by atoms with Gasteiger partial charge in [-0.3, -0.25) is 46.8 Å². The van der Waals surface area contributed by atoms with Crippen molar-refractivity contribution in [1.82, 2.24) is 38.6 Å². The first-order valence-corrected chi connectivity index (χ1v) is 34.5.